The molecular formula is C17H22BrN3O2. The molecule has 5 nitrogen and oxygen atoms in total. The summed E-state index contributed by atoms with van der Waals surface area (Å²) < 4.78 is 0.893. The number of carbonyl (C=O) groups excluding carboxylic acids is 2. The van der Waals surface area contributed by atoms with Gasteiger partial charge in [0.25, 0.3) is 5.91 Å². The van der Waals surface area contributed by atoms with Gasteiger partial charge in [0, 0.05) is 36.2 Å². The SMILES string of the molecule is O=C(NCC1CN[C@H](C(=O)N2CCCC2)C1)c1cccc(Br)c1. The molecule has 1 aromatic rings. The number of amides is 2. The van der Waals surface area contributed by atoms with Gasteiger partial charge in [0.15, 0.2) is 0 Å². The van der Waals surface area contributed by atoms with E-state index in [2.05, 4.69) is 26.6 Å². The fourth-order valence-corrected chi connectivity index (χ4v) is 3.68. The predicted molar refractivity (Wildman–Crippen MR) is 92.2 cm³/mol. The Morgan fingerprint density at radius 1 is 1.30 bits per heavy atom. The van der Waals surface area contributed by atoms with Gasteiger partial charge in [-0.15, -0.1) is 0 Å². The number of rotatable bonds is 4. The maximum absolute atomic E-state index is 12.4. The highest BCUT2D eigenvalue weighted by molar-refractivity contribution is 9.10. The first-order chi connectivity index (χ1) is 11.1. The molecule has 0 spiro atoms. The van der Waals surface area contributed by atoms with Crippen molar-refractivity contribution in [2.24, 2.45) is 5.92 Å². The van der Waals surface area contributed by atoms with Crippen molar-refractivity contribution in [2.45, 2.75) is 25.3 Å². The zero-order valence-electron chi connectivity index (χ0n) is 13.1. The number of hydrogen-bond acceptors (Lipinski definition) is 3. The third-order valence-corrected chi connectivity index (χ3v) is 5.07. The highest BCUT2D eigenvalue weighted by atomic mass is 79.9. The van der Waals surface area contributed by atoms with Crippen LogP contribution in [0.5, 0.6) is 0 Å². The van der Waals surface area contributed by atoms with Crippen molar-refractivity contribution < 1.29 is 9.59 Å². The smallest absolute Gasteiger partial charge is 0.251 e. The predicted octanol–water partition coefficient (Wildman–Crippen LogP) is 1.78. The molecule has 0 aromatic heterocycles. The van der Waals surface area contributed by atoms with Gasteiger partial charge in [-0.05, 0) is 43.4 Å². The van der Waals surface area contributed by atoms with E-state index in [1.807, 2.05) is 23.1 Å². The molecule has 2 aliphatic rings. The van der Waals surface area contributed by atoms with Crippen LogP contribution in [0.25, 0.3) is 0 Å². The maximum Gasteiger partial charge on any atom is 0.251 e. The minimum absolute atomic E-state index is 0.0689. The molecule has 6 heteroatoms. The number of nitrogens with zero attached hydrogens (tertiary/aromatic N) is 1. The van der Waals surface area contributed by atoms with Crippen molar-refractivity contribution in [1.29, 1.82) is 0 Å². The maximum atomic E-state index is 12.4. The number of hydrogen-bond donors (Lipinski definition) is 2. The van der Waals surface area contributed by atoms with E-state index >= 15 is 0 Å². The summed E-state index contributed by atoms with van der Waals surface area (Å²) in [6, 6.07) is 7.27. The Morgan fingerprint density at radius 3 is 2.83 bits per heavy atom. The number of benzene rings is 1. The third-order valence-electron chi connectivity index (χ3n) is 4.58. The van der Waals surface area contributed by atoms with Crippen LogP contribution in [0.1, 0.15) is 29.6 Å². The lowest BCUT2D eigenvalue weighted by molar-refractivity contribution is -0.132. The zero-order chi connectivity index (χ0) is 16.2. The Hall–Kier alpha value is -1.40. The average Bonchev–Trinajstić information content (AvgIpc) is 3.23. The van der Waals surface area contributed by atoms with Crippen molar-refractivity contribution >= 4 is 27.7 Å². The number of carbonyl (C=O) groups is 2. The van der Waals surface area contributed by atoms with Gasteiger partial charge in [0.1, 0.15) is 0 Å². The van der Waals surface area contributed by atoms with E-state index in [-0.39, 0.29) is 17.9 Å². The van der Waals surface area contributed by atoms with E-state index in [4.69, 9.17) is 0 Å². The van der Waals surface area contributed by atoms with Crippen LogP contribution >= 0.6 is 15.9 Å². The second-order valence-corrected chi connectivity index (χ2v) is 7.23. The van der Waals surface area contributed by atoms with Crippen molar-refractivity contribution in [2.75, 3.05) is 26.2 Å². The second kappa shape index (κ2) is 7.45. The van der Waals surface area contributed by atoms with E-state index in [1.54, 1.807) is 6.07 Å². The minimum Gasteiger partial charge on any atom is -0.352 e. The lowest BCUT2D eigenvalue weighted by Crippen LogP contribution is -2.42. The molecule has 0 radical (unpaired) electrons. The minimum atomic E-state index is -0.0825. The summed E-state index contributed by atoms with van der Waals surface area (Å²) in [5.74, 6) is 0.464. The van der Waals surface area contributed by atoms with Crippen LogP contribution in [-0.4, -0.2) is 48.9 Å². The first-order valence-corrected chi connectivity index (χ1v) is 8.99. The molecule has 2 heterocycles. The number of nitrogens with one attached hydrogen (secondary N) is 2. The molecule has 2 amide bonds. The third kappa shape index (κ3) is 4.12. The van der Waals surface area contributed by atoms with Crippen molar-refractivity contribution in [3.8, 4) is 0 Å². The Morgan fingerprint density at radius 2 is 2.09 bits per heavy atom. The second-order valence-electron chi connectivity index (χ2n) is 6.32. The molecule has 23 heavy (non-hydrogen) atoms. The Kier molecular flexibility index (Phi) is 5.33. The summed E-state index contributed by atoms with van der Waals surface area (Å²) in [6.45, 7) is 3.16. The highest BCUT2D eigenvalue weighted by Gasteiger charge is 2.33. The van der Waals surface area contributed by atoms with E-state index in [9.17, 15) is 9.59 Å². The number of likely N-dealkylation sites (tertiary alicyclic amines) is 1. The van der Waals surface area contributed by atoms with E-state index in [0.717, 1.165) is 43.4 Å². The van der Waals surface area contributed by atoms with Crippen molar-refractivity contribution in [3.63, 3.8) is 0 Å². The van der Waals surface area contributed by atoms with Crippen LogP contribution in [-0.2, 0) is 4.79 Å². The van der Waals surface area contributed by atoms with Gasteiger partial charge in [-0.1, -0.05) is 22.0 Å². The molecule has 124 valence electrons. The summed E-state index contributed by atoms with van der Waals surface area (Å²) in [4.78, 5) is 26.5. The fourth-order valence-electron chi connectivity index (χ4n) is 3.28. The molecule has 2 N–H and O–H groups in total. The summed E-state index contributed by atoms with van der Waals surface area (Å²) in [5.41, 5.74) is 0.648. The lowest BCUT2D eigenvalue weighted by Gasteiger charge is -2.20. The molecule has 3 rings (SSSR count). The van der Waals surface area contributed by atoms with E-state index in [0.29, 0.717) is 18.0 Å². The van der Waals surface area contributed by atoms with Crippen LogP contribution in [0, 0.1) is 5.92 Å². The monoisotopic (exact) mass is 379 g/mol. The lowest BCUT2D eigenvalue weighted by atomic mass is 10.0. The van der Waals surface area contributed by atoms with Crippen molar-refractivity contribution in [3.05, 3.63) is 34.3 Å². The van der Waals surface area contributed by atoms with Gasteiger partial charge in [-0.2, -0.15) is 0 Å². The summed E-state index contributed by atoms with van der Waals surface area (Å²) >= 11 is 3.37. The summed E-state index contributed by atoms with van der Waals surface area (Å²) in [6.07, 6.45) is 3.03. The molecular weight excluding hydrogens is 358 g/mol. The Labute approximate surface area is 144 Å². The highest BCUT2D eigenvalue weighted by Crippen LogP contribution is 2.18. The van der Waals surface area contributed by atoms with Gasteiger partial charge in [0.05, 0.1) is 6.04 Å². The molecule has 1 aromatic carbocycles. The van der Waals surface area contributed by atoms with Crippen LogP contribution in [0.4, 0.5) is 0 Å². The summed E-state index contributed by atoms with van der Waals surface area (Å²) in [7, 11) is 0. The molecule has 2 saturated heterocycles. The topological polar surface area (TPSA) is 61.4 Å². The van der Waals surface area contributed by atoms with Gasteiger partial charge >= 0.3 is 0 Å². The van der Waals surface area contributed by atoms with Crippen LogP contribution < -0.4 is 10.6 Å². The number of halogens is 1. The van der Waals surface area contributed by atoms with Gasteiger partial charge < -0.3 is 15.5 Å². The normalized spacial score (nSPS) is 24.0. The molecule has 2 aliphatic heterocycles. The Bertz CT molecular complexity index is 587. The van der Waals surface area contributed by atoms with Crippen molar-refractivity contribution in [1.82, 2.24) is 15.5 Å². The zero-order valence-corrected chi connectivity index (χ0v) is 14.6. The summed E-state index contributed by atoms with van der Waals surface area (Å²) in [5, 5.41) is 6.28. The van der Waals surface area contributed by atoms with Gasteiger partial charge in [-0.25, -0.2) is 0 Å². The standard InChI is InChI=1S/C17H22BrN3O2/c18-14-5-3-4-13(9-14)16(22)20-11-12-8-15(19-10-12)17(23)21-6-1-2-7-21/h3-5,9,12,15,19H,1-2,6-8,10-11H2,(H,20,22)/t12?,15-/m0/s1. The largest absolute Gasteiger partial charge is 0.352 e. The van der Waals surface area contributed by atoms with E-state index < -0.39 is 0 Å². The van der Waals surface area contributed by atoms with Gasteiger partial charge in [0.2, 0.25) is 5.91 Å². The van der Waals surface area contributed by atoms with E-state index in [1.165, 1.54) is 0 Å². The fraction of sp³-hybridized carbons (Fsp3) is 0.529. The van der Waals surface area contributed by atoms with Crippen LogP contribution in [0.3, 0.4) is 0 Å². The van der Waals surface area contributed by atoms with Gasteiger partial charge in [-0.3, -0.25) is 9.59 Å². The average molecular weight is 380 g/mol. The van der Waals surface area contributed by atoms with Crippen LogP contribution in [0.2, 0.25) is 0 Å². The first-order valence-electron chi connectivity index (χ1n) is 8.19. The molecule has 0 saturated carbocycles. The van der Waals surface area contributed by atoms with Crippen LogP contribution in [0.15, 0.2) is 28.7 Å². The molecule has 0 bridgehead atoms. The first kappa shape index (κ1) is 16.5. The molecule has 2 fully saturated rings. The quantitative estimate of drug-likeness (QED) is 0.837. The molecule has 0 aliphatic carbocycles. The Balaban J connectivity index is 1.46. The molecule has 2 atom stereocenters. The molecule has 1 unspecified atom stereocenters.